The summed E-state index contributed by atoms with van der Waals surface area (Å²) >= 11 is 11.8. The Kier molecular flexibility index (Phi) is 3.52. The van der Waals surface area contributed by atoms with E-state index in [-0.39, 0.29) is 12.4 Å². The van der Waals surface area contributed by atoms with Crippen molar-refractivity contribution in [2.45, 2.75) is 19.3 Å². The normalized spacial score (nSPS) is 25.8. The molecule has 0 spiro atoms. The molecular weight excluding hydrogens is 235 g/mol. The van der Waals surface area contributed by atoms with Crippen LogP contribution in [0.1, 0.15) is 17.4 Å². The number of rotatable bonds is 2. The quantitative estimate of drug-likeness (QED) is 0.746. The number of hydrogen-bond acceptors (Lipinski definition) is 2. The first-order valence-corrected chi connectivity index (χ1v) is 5.71. The van der Waals surface area contributed by atoms with Gasteiger partial charge in [0.2, 0.25) is 0 Å². The zero-order chi connectivity index (χ0) is 10.8. The van der Waals surface area contributed by atoms with E-state index in [0.717, 1.165) is 11.1 Å². The number of aryl methyl sites for hydroxylation is 1. The Labute approximate surface area is 99.1 Å². The molecule has 0 aromatic heterocycles. The summed E-state index contributed by atoms with van der Waals surface area (Å²) in [5.41, 5.74) is 1.99. The van der Waals surface area contributed by atoms with Crippen LogP contribution in [0.5, 0.6) is 0 Å². The monoisotopic (exact) mass is 246 g/mol. The number of ether oxygens (including phenoxy) is 2. The van der Waals surface area contributed by atoms with Crippen LogP contribution in [0.25, 0.3) is 0 Å². The molecule has 0 radical (unpaired) electrons. The van der Waals surface area contributed by atoms with Gasteiger partial charge in [-0.2, -0.15) is 0 Å². The van der Waals surface area contributed by atoms with Crippen LogP contribution in [0.4, 0.5) is 0 Å². The van der Waals surface area contributed by atoms with Crippen LogP contribution >= 0.6 is 23.2 Å². The number of benzene rings is 1. The van der Waals surface area contributed by atoms with E-state index >= 15 is 0 Å². The molecule has 82 valence electrons. The van der Waals surface area contributed by atoms with Gasteiger partial charge in [0, 0.05) is 10.6 Å². The van der Waals surface area contributed by atoms with Crippen LogP contribution < -0.4 is 0 Å². The summed E-state index contributed by atoms with van der Waals surface area (Å²) in [6.07, 6.45) is -0.407. The highest BCUT2D eigenvalue weighted by Gasteiger charge is 2.27. The van der Waals surface area contributed by atoms with Crippen LogP contribution in [-0.4, -0.2) is 18.6 Å². The molecule has 4 heteroatoms. The first-order chi connectivity index (χ1) is 7.20. The Morgan fingerprint density at radius 3 is 2.87 bits per heavy atom. The Hall–Kier alpha value is -0.280. The van der Waals surface area contributed by atoms with E-state index in [4.69, 9.17) is 32.7 Å². The Balaban J connectivity index is 2.17. The summed E-state index contributed by atoms with van der Waals surface area (Å²) in [5, 5.41) is 0.676. The van der Waals surface area contributed by atoms with Crippen LogP contribution in [0, 0.1) is 6.92 Å². The number of hydrogen-bond donors (Lipinski definition) is 0. The highest BCUT2D eigenvalue weighted by molar-refractivity contribution is 6.31. The molecule has 1 aromatic carbocycles. The third kappa shape index (κ3) is 2.45. The van der Waals surface area contributed by atoms with Crippen molar-refractivity contribution in [2.24, 2.45) is 0 Å². The summed E-state index contributed by atoms with van der Waals surface area (Å²) in [5.74, 6) is 0.444. The van der Waals surface area contributed by atoms with Crippen molar-refractivity contribution in [3.63, 3.8) is 0 Å². The summed E-state index contributed by atoms with van der Waals surface area (Å²) in [6, 6.07) is 5.82. The van der Waals surface area contributed by atoms with Gasteiger partial charge in [-0.25, -0.2) is 0 Å². The molecule has 1 saturated heterocycles. The summed E-state index contributed by atoms with van der Waals surface area (Å²) in [7, 11) is 0. The van der Waals surface area contributed by atoms with E-state index in [1.54, 1.807) is 0 Å². The van der Waals surface area contributed by atoms with Gasteiger partial charge in [-0.1, -0.05) is 23.7 Å². The van der Waals surface area contributed by atoms with E-state index in [0.29, 0.717) is 17.5 Å². The molecule has 1 fully saturated rings. The van der Waals surface area contributed by atoms with Crippen molar-refractivity contribution in [1.82, 2.24) is 0 Å². The summed E-state index contributed by atoms with van der Waals surface area (Å²) in [6.45, 7) is 2.52. The van der Waals surface area contributed by atoms with Crippen molar-refractivity contribution >= 4 is 23.2 Å². The highest BCUT2D eigenvalue weighted by Crippen LogP contribution is 2.32. The van der Waals surface area contributed by atoms with Gasteiger partial charge in [0.1, 0.15) is 0 Å². The zero-order valence-corrected chi connectivity index (χ0v) is 9.89. The van der Waals surface area contributed by atoms with Crippen LogP contribution in [-0.2, 0) is 9.47 Å². The van der Waals surface area contributed by atoms with E-state index < -0.39 is 0 Å². The van der Waals surface area contributed by atoms with Crippen molar-refractivity contribution in [3.8, 4) is 0 Å². The first kappa shape index (κ1) is 11.2. The minimum absolute atomic E-state index is 0.0333. The third-order valence-electron chi connectivity index (χ3n) is 2.33. The first-order valence-electron chi connectivity index (χ1n) is 4.80. The van der Waals surface area contributed by atoms with Gasteiger partial charge >= 0.3 is 0 Å². The molecule has 1 aromatic rings. The lowest BCUT2D eigenvalue weighted by Gasteiger charge is -2.12. The molecule has 0 bridgehead atoms. The lowest BCUT2D eigenvalue weighted by molar-refractivity contribution is -0.0566. The maximum absolute atomic E-state index is 6.11. The minimum Gasteiger partial charge on any atom is -0.346 e. The van der Waals surface area contributed by atoms with Crippen LogP contribution in [0.3, 0.4) is 0 Å². The molecule has 0 amide bonds. The lowest BCUT2D eigenvalue weighted by atomic mass is 10.1. The average molecular weight is 247 g/mol. The molecular formula is C11H12Cl2O2. The molecule has 1 aliphatic rings. The fraction of sp³-hybridized carbons (Fsp3) is 0.455. The summed E-state index contributed by atoms with van der Waals surface area (Å²) in [4.78, 5) is 0. The molecule has 2 unspecified atom stereocenters. The van der Waals surface area contributed by atoms with Gasteiger partial charge in [-0.15, -0.1) is 11.6 Å². The fourth-order valence-corrected chi connectivity index (χ4v) is 2.00. The van der Waals surface area contributed by atoms with Crippen molar-refractivity contribution in [2.75, 3.05) is 12.5 Å². The topological polar surface area (TPSA) is 18.5 Å². The average Bonchev–Trinajstić information content (AvgIpc) is 2.66. The van der Waals surface area contributed by atoms with Crippen molar-refractivity contribution in [1.29, 1.82) is 0 Å². The molecule has 0 aliphatic carbocycles. The molecule has 2 rings (SSSR count). The van der Waals surface area contributed by atoms with Crippen LogP contribution in [0.15, 0.2) is 18.2 Å². The predicted molar refractivity (Wildman–Crippen MR) is 60.5 cm³/mol. The largest absolute Gasteiger partial charge is 0.346 e. The maximum atomic E-state index is 6.11. The van der Waals surface area contributed by atoms with E-state index in [2.05, 4.69) is 0 Å². The van der Waals surface area contributed by atoms with E-state index in [1.165, 1.54) is 0 Å². The summed E-state index contributed by atoms with van der Waals surface area (Å²) < 4.78 is 11.1. The Morgan fingerprint density at radius 2 is 2.27 bits per heavy atom. The smallest absolute Gasteiger partial charge is 0.185 e. The molecule has 1 aliphatic heterocycles. The minimum atomic E-state index is -0.373. The molecule has 2 atom stereocenters. The standard InChI is InChI=1S/C11H12Cl2O2/c1-7-2-3-9(10(13)4-7)11-14-6-8(5-12)15-11/h2-4,8,11H,5-6H2,1H3. The van der Waals surface area contributed by atoms with Crippen molar-refractivity contribution in [3.05, 3.63) is 34.3 Å². The maximum Gasteiger partial charge on any atom is 0.185 e. The zero-order valence-electron chi connectivity index (χ0n) is 8.37. The van der Waals surface area contributed by atoms with Crippen LogP contribution in [0.2, 0.25) is 5.02 Å². The highest BCUT2D eigenvalue weighted by atomic mass is 35.5. The Morgan fingerprint density at radius 1 is 1.47 bits per heavy atom. The SMILES string of the molecule is Cc1ccc(C2OCC(CCl)O2)c(Cl)c1. The van der Waals surface area contributed by atoms with Gasteiger partial charge < -0.3 is 9.47 Å². The molecule has 0 N–H and O–H groups in total. The van der Waals surface area contributed by atoms with Gasteiger partial charge in [-0.05, 0) is 18.6 Å². The number of alkyl halides is 1. The second-order valence-electron chi connectivity index (χ2n) is 3.60. The van der Waals surface area contributed by atoms with Gasteiger partial charge in [0.15, 0.2) is 6.29 Å². The molecule has 0 saturated carbocycles. The third-order valence-corrected chi connectivity index (χ3v) is 3.00. The van der Waals surface area contributed by atoms with E-state index in [1.807, 2.05) is 25.1 Å². The van der Waals surface area contributed by atoms with E-state index in [9.17, 15) is 0 Å². The number of halogens is 2. The van der Waals surface area contributed by atoms with Gasteiger partial charge in [-0.3, -0.25) is 0 Å². The lowest BCUT2D eigenvalue weighted by Crippen LogP contribution is -2.10. The van der Waals surface area contributed by atoms with Crippen molar-refractivity contribution < 1.29 is 9.47 Å². The molecule has 2 nitrogen and oxygen atoms in total. The van der Waals surface area contributed by atoms with Gasteiger partial charge in [0.05, 0.1) is 18.6 Å². The molecule has 1 heterocycles. The van der Waals surface area contributed by atoms with Gasteiger partial charge in [0.25, 0.3) is 0 Å². The fourth-order valence-electron chi connectivity index (χ4n) is 1.52. The Bertz CT molecular complexity index is 354. The molecule has 15 heavy (non-hydrogen) atoms. The second-order valence-corrected chi connectivity index (χ2v) is 4.32. The second kappa shape index (κ2) is 4.71. The predicted octanol–water partition coefficient (Wildman–Crippen LogP) is 3.30.